The number of hydrogen-bond acceptors (Lipinski definition) is 4. The summed E-state index contributed by atoms with van der Waals surface area (Å²) in [4.78, 5) is 26.7. The largest absolute Gasteiger partial charge is 0.462 e. The van der Waals surface area contributed by atoms with Crippen LogP contribution in [0.4, 0.5) is 5.82 Å². The molecule has 0 fully saturated rings. The maximum atomic E-state index is 11.6. The summed E-state index contributed by atoms with van der Waals surface area (Å²) in [6.45, 7) is 3.56. The van der Waals surface area contributed by atoms with Gasteiger partial charge >= 0.3 is 5.97 Å². The van der Waals surface area contributed by atoms with Crippen molar-refractivity contribution in [3.05, 3.63) is 48.2 Å². The van der Waals surface area contributed by atoms with Gasteiger partial charge in [0, 0.05) is 18.7 Å². The summed E-state index contributed by atoms with van der Waals surface area (Å²) in [7, 11) is 0. The van der Waals surface area contributed by atoms with Crippen molar-refractivity contribution in [2.24, 2.45) is 0 Å². The first-order chi connectivity index (χ1) is 10.1. The number of pyridine rings is 1. The number of nitrogens with zero attached hydrogens (tertiary/aromatic N) is 1. The molecule has 108 valence electrons. The van der Waals surface area contributed by atoms with Crippen molar-refractivity contribution in [2.75, 3.05) is 11.9 Å². The number of ether oxygens (including phenoxy) is 1. The van der Waals surface area contributed by atoms with Crippen molar-refractivity contribution >= 4 is 17.7 Å². The third-order valence-corrected chi connectivity index (χ3v) is 2.80. The number of anilines is 1. The van der Waals surface area contributed by atoms with Crippen LogP contribution in [0.2, 0.25) is 0 Å². The maximum absolute atomic E-state index is 11.6. The molecule has 0 saturated heterocycles. The highest BCUT2D eigenvalue weighted by Gasteiger charge is 2.06. The van der Waals surface area contributed by atoms with Crippen molar-refractivity contribution in [1.82, 2.24) is 4.98 Å². The molecule has 0 aliphatic rings. The highest BCUT2D eigenvalue weighted by Crippen LogP contribution is 2.20. The third-order valence-electron chi connectivity index (χ3n) is 2.80. The van der Waals surface area contributed by atoms with Gasteiger partial charge < -0.3 is 10.1 Å². The van der Waals surface area contributed by atoms with Gasteiger partial charge in [0.15, 0.2) is 0 Å². The predicted octanol–water partition coefficient (Wildman–Crippen LogP) is 2.88. The first kappa shape index (κ1) is 14.7. The number of carbonyl (C=O) groups excluding carboxylic acids is 2. The Hall–Kier alpha value is -2.69. The van der Waals surface area contributed by atoms with E-state index in [0.29, 0.717) is 18.0 Å². The molecule has 0 bridgehead atoms. The molecule has 0 radical (unpaired) electrons. The Morgan fingerprint density at radius 2 is 1.76 bits per heavy atom. The average molecular weight is 284 g/mol. The molecule has 21 heavy (non-hydrogen) atoms. The van der Waals surface area contributed by atoms with E-state index >= 15 is 0 Å². The molecule has 2 aromatic rings. The predicted molar refractivity (Wildman–Crippen MR) is 79.9 cm³/mol. The normalized spacial score (nSPS) is 10.0. The Bertz CT molecular complexity index is 634. The van der Waals surface area contributed by atoms with Gasteiger partial charge in [-0.3, -0.25) is 4.79 Å². The highest BCUT2D eigenvalue weighted by atomic mass is 16.5. The SMILES string of the molecule is CCOC(=O)c1ccc(-c2ccc(NC(C)=O)nc2)cc1. The summed E-state index contributed by atoms with van der Waals surface area (Å²) in [5.41, 5.74) is 2.35. The van der Waals surface area contributed by atoms with Crippen LogP contribution >= 0.6 is 0 Å². The number of hydrogen-bond donors (Lipinski definition) is 1. The minimum absolute atomic E-state index is 0.158. The van der Waals surface area contributed by atoms with E-state index in [1.54, 1.807) is 31.3 Å². The monoisotopic (exact) mass is 284 g/mol. The van der Waals surface area contributed by atoms with Crippen LogP contribution in [-0.2, 0) is 9.53 Å². The molecule has 0 unspecified atom stereocenters. The lowest BCUT2D eigenvalue weighted by atomic mass is 10.1. The molecule has 1 amide bonds. The maximum Gasteiger partial charge on any atom is 0.338 e. The lowest BCUT2D eigenvalue weighted by Gasteiger charge is -2.05. The average Bonchev–Trinajstić information content (AvgIpc) is 2.48. The zero-order chi connectivity index (χ0) is 15.2. The number of esters is 1. The van der Waals surface area contributed by atoms with Crippen molar-refractivity contribution in [1.29, 1.82) is 0 Å². The first-order valence-electron chi connectivity index (χ1n) is 6.61. The zero-order valence-corrected chi connectivity index (χ0v) is 11.9. The van der Waals surface area contributed by atoms with E-state index in [-0.39, 0.29) is 11.9 Å². The molecule has 1 aromatic heterocycles. The minimum atomic E-state index is -0.330. The van der Waals surface area contributed by atoms with Gasteiger partial charge in [-0.2, -0.15) is 0 Å². The van der Waals surface area contributed by atoms with Crippen molar-refractivity contribution in [2.45, 2.75) is 13.8 Å². The quantitative estimate of drug-likeness (QED) is 0.876. The zero-order valence-electron chi connectivity index (χ0n) is 11.9. The fraction of sp³-hybridized carbons (Fsp3) is 0.188. The van der Waals surface area contributed by atoms with Gasteiger partial charge in [0.1, 0.15) is 5.82 Å². The number of nitrogens with one attached hydrogen (secondary N) is 1. The molecule has 0 aliphatic carbocycles. The molecule has 2 rings (SSSR count). The van der Waals surface area contributed by atoms with Crippen molar-refractivity contribution in [3.63, 3.8) is 0 Å². The number of aromatic nitrogens is 1. The minimum Gasteiger partial charge on any atom is -0.462 e. The second kappa shape index (κ2) is 6.65. The van der Waals surface area contributed by atoms with Gasteiger partial charge in [-0.1, -0.05) is 12.1 Å². The molecule has 0 saturated carbocycles. The molecule has 0 atom stereocenters. The van der Waals surface area contributed by atoms with E-state index in [2.05, 4.69) is 10.3 Å². The third kappa shape index (κ3) is 3.89. The van der Waals surface area contributed by atoms with Crippen LogP contribution in [0.1, 0.15) is 24.2 Å². The number of amides is 1. The Morgan fingerprint density at radius 3 is 2.29 bits per heavy atom. The van der Waals surface area contributed by atoms with E-state index in [1.807, 2.05) is 18.2 Å². The van der Waals surface area contributed by atoms with Crippen LogP contribution in [0.5, 0.6) is 0 Å². The van der Waals surface area contributed by atoms with Gasteiger partial charge in [-0.15, -0.1) is 0 Å². The first-order valence-corrected chi connectivity index (χ1v) is 6.61. The van der Waals surface area contributed by atoms with Gasteiger partial charge in [0.25, 0.3) is 0 Å². The number of rotatable bonds is 4. The summed E-state index contributed by atoms with van der Waals surface area (Å²) >= 11 is 0. The van der Waals surface area contributed by atoms with Crippen LogP contribution in [0.3, 0.4) is 0 Å². The second-order valence-electron chi connectivity index (χ2n) is 4.41. The van der Waals surface area contributed by atoms with Crippen molar-refractivity contribution in [3.8, 4) is 11.1 Å². The Morgan fingerprint density at radius 1 is 1.10 bits per heavy atom. The van der Waals surface area contributed by atoms with E-state index in [9.17, 15) is 9.59 Å². The molecule has 0 spiro atoms. The molecule has 1 aromatic carbocycles. The van der Waals surface area contributed by atoms with Crippen LogP contribution in [-0.4, -0.2) is 23.5 Å². The Balaban J connectivity index is 2.15. The standard InChI is InChI=1S/C16H16N2O3/c1-3-21-16(20)13-6-4-12(5-7-13)14-8-9-15(17-10-14)18-11(2)19/h4-10H,3H2,1-2H3,(H,17,18,19). The number of carbonyl (C=O) groups is 2. The van der Waals surface area contributed by atoms with Gasteiger partial charge in [-0.05, 0) is 36.8 Å². The fourth-order valence-electron chi connectivity index (χ4n) is 1.83. The summed E-state index contributed by atoms with van der Waals surface area (Å²) < 4.78 is 4.93. The lowest BCUT2D eigenvalue weighted by molar-refractivity contribution is -0.114. The van der Waals surface area contributed by atoms with E-state index in [4.69, 9.17) is 4.74 Å². The van der Waals surface area contributed by atoms with Gasteiger partial charge in [0.05, 0.1) is 12.2 Å². The Kier molecular flexibility index (Phi) is 4.66. The highest BCUT2D eigenvalue weighted by molar-refractivity contribution is 5.90. The van der Waals surface area contributed by atoms with Crippen molar-refractivity contribution < 1.29 is 14.3 Å². The van der Waals surface area contributed by atoms with E-state index < -0.39 is 0 Å². The second-order valence-corrected chi connectivity index (χ2v) is 4.41. The number of benzene rings is 1. The molecular formula is C16H16N2O3. The molecule has 0 aliphatic heterocycles. The molecule has 1 N–H and O–H groups in total. The fourth-order valence-corrected chi connectivity index (χ4v) is 1.83. The van der Waals surface area contributed by atoms with Crippen LogP contribution in [0.25, 0.3) is 11.1 Å². The van der Waals surface area contributed by atoms with Gasteiger partial charge in [-0.25, -0.2) is 9.78 Å². The van der Waals surface area contributed by atoms with E-state index in [0.717, 1.165) is 11.1 Å². The lowest BCUT2D eigenvalue weighted by Crippen LogP contribution is -2.07. The topological polar surface area (TPSA) is 68.3 Å². The molecule has 5 nitrogen and oxygen atoms in total. The summed E-state index contributed by atoms with van der Waals surface area (Å²) in [5, 5.41) is 2.61. The van der Waals surface area contributed by atoms with Crippen LogP contribution < -0.4 is 5.32 Å². The van der Waals surface area contributed by atoms with E-state index in [1.165, 1.54) is 6.92 Å². The van der Waals surface area contributed by atoms with Gasteiger partial charge in [0.2, 0.25) is 5.91 Å². The van der Waals surface area contributed by atoms with Crippen LogP contribution in [0, 0.1) is 0 Å². The molecule has 1 heterocycles. The molecule has 5 heteroatoms. The summed E-state index contributed by atoms with van der Waals surface area (Å²) in [5.74, 6) is 0.0200. The summed E-state index contributed by atoms with van der Waals surface area (Å²) in [6.07, 6.45) is 1.67. The van der Waals surface area contributed by atoms with Crippen LogP contribution in [0.15, 0.2) is 42.6 Å². The smallest absolute Gasteiger partial charge is 0.338 e. The summed E-state index contributed by atoms with van der Waals surface area (Å²) in [6, 6.07) is 10.7. The molecular weight excluding hydrogens is 268 g/mol. The Labute approximate surface area is 123 Å².